The smallest absolute Gasteiger partial charge is 0.261 e. The second-order valence-electron chi connectivity index (χ2n) is 6.27. The SMILES string of the molecule is Cc1cccc(N2CCN(S(=O)(=O)CCNC(=O)c3cccs3)CC2)c1. The molecule has 0 bridgehead atoms. The minimum Gasteiger partial charge on any atom is -0.369 e. The van der Waals surface area contributed by atoms with Crippen LogP contribution in [0.15, 0.2) is 41.8 Å². The Morgan fingerprint density at radius 3 is 2.58 bits per heavy atom. The summed E-state index contributed by atoms with van der Waals surface area (Å²) in [6.45, 7) is 4.45. The predicted molar refractivity (Wildman–Crippen MR) is 105 cm³/mol. The number of benzene rings is 1. The van der Waals surface area contributed by atoms with E-state index < -0.39 is 10.0 Å². The van der Waals surface area contributed by atoms with E-state index in [1.54, 1.807) is 12.1 Å². The number of anilines is 1. The summed E-state index contributed by atoms with van der Waals surface area (Å²) in [5, 5.41) is 4.50. The molecule has 3 rings (SSSR count). The van der Waals surface area contributed by atoms with Crippen LogP contribution in [0.1, 0.15) is 15.2 Å². The summed E-state index contributed by atoms with van der Waals surface area (Å²) in [5.74, 6) is -0.298. The first kappa shape index (κ1) is 18.9. The van der Waals surface area contributed by atoms with E-state index in [1.165, 1.54) is 21.2 Å². The number of hydrogen-bond acceptors (Lipinski definition) is 5. The quantitative estimate of drug-likeness (QED) is 0.814. The summed E-state index contributed by atoms with van der Waals surface area (Å²) in [6.07, 6.45) is 0. The number of sulfonamides is 1. The fraction of sp³-hybridized carbons (Fsp3) is 0.389. The number of carbonyl (C=O) groups is 1. The average molecular weight is 394 g/mol. The third-order valence-corrected chi connectivity index (χ3v) is 7.13. The second kappa shape index (κ2) is 8.20. The van der Waals surface area contributed by atoms with Crippen LogP contribution >= 0.6 is 11.3 Å². The third-order valence-electron chi connectivity index (χ3n) is 4.39. The summed E-state index contributed by atoms with van der Waals surface area (Å²) in [6, 6.07) is 11.8. The molecule has 1 aromatic carbocycles. The van der Waals surface area contributed by atoms with E-state index in [0.29, 0.717) is 31.1 Å². The zero-order valence-corrected chi connectivity index (χ0v) is 16.4. The summed E-state index contributed by atoms with van der Waals surface area (Å²) in [7, 11) is -3.37. The first-order chi connectivity index (χ1) is 12.5. The molecule has 0 spiro atoms. The maximum Gasteiger partial charge on any atom is 0.261 e. The van der Waals surface area contributed by atoms with Crippen molar-refractivity contribution in [1.82, 2.24) is 9.62 Å². The maximum absolute atomic E-state index is 12.5. The molecule has 1 fully saturated rings. The molecule has 0 unspecified atom stereocenters. The van der Waals surface area contributed by atoms with Gasteiger partial charge in [-0.1, -0.05) is 18.2 Å². The van der Waals surface area contributed by atoms with Crippen molar-refractivity contribution in [2.75, 3.05) is 43.4 Å². The highest BCUT2D eigenvalue weighted by Crippen LogP contribution is 2.19. The standard InChI is InChI=1S/C18H23N3O3S2/c1-15-4-2-5-16(14-15)20-8-10-21(11-9-20)26(23,24)13-7-19-18(22)17-6-3-12-25-17/h2-6,12,14H,7-11,13H2,1H3,(H,19,22). The molecule has 1 saturated heterocycles. The second-order valence-corrected chi connectivity index (χ2v) is 9.31. The fourth-order valence-electron chi connectivity index (χ4n) is 2.97. The van der Waals surface area contributed by atoms with E-state index in [0.717, 1.165) is 5.69 Å². The van der Waals surface area contributed by atoms with Gasteiger partial charge in [0.25, 0.3) is 5.91 Å². The molecule has 1 aliphatic heterocycles. The molecule has 1 aliphatic rings. The number of carbonyl (C=O) groups excluding carboxylic acids is 1. The summed E-state index contributed by atoms with van der Waals surface area (Å²) in [5.41, 5.74) is 2.32. The van der Waals surface area contributed by atoms with Crippen molar-refractivity contribution in [1.29, 1.82) is 0 Å². The normalized spacial score (nSPS) is 15.8. The Balaban J connectivity index is 1.49. The van der Waals surface area contributed by atoms with Gasteiger partial charge >= 0.3 is 0 Å². The minimum absolute atomic E-state index is 0.0748. The van der Waals surface area contributed by atoms with Gasteiger partial charge in [0.05, 0.1) is 10.6 Å². The van der Waals surface area contributed by atoms with Crippen LogP contribution in [-0.2, 0) is 10.0 Å². The first-order valence-corrected chi connectivity index (χ1v) is 11.1. The first-order valence-electron chi connectivity index (χ1n) is 8.57. The number of aryl methyl sites for hydroxylation is 1. The van der Waals surface area contributed by atoms with Gasteiger partial charge in [0.1, 0.15) is 0 Å². The molecule has 0 saturated carbocycles. The minimum atomic E-state index is -3.37. The summed E-state index contributed by atoms with van der Waals surface area (Å²) >= 11 is 1.34. The largest absolute Gasteiger partial charge is 0.369 e. The Hall–Kier alpha value is -1.90. The molecule has 140 valence electrons. The van der Waals surface area contributed by atoms with E-state index in [-0.39, 0.29) is 18.2 Å². The van der Waals surface area contributed by atoms with Crippen LogP contribution in [0, 0.1) is 6.92 Å². The van der Waals surface area contributed by atoms with Crippen LogP contribution < -0.4 is 10.2 Å². The number of piperazine rings is 1. The molecule has 1 amide bonds. The van der Waals surface area contributed by atoms with E-state index in [9.17, 15) is 13.2 Å². The Morgan fingerprint density at radius 1 is 1.15 bits per heavy atom. The maximum atomic E-state index is 12.5. The van der Waals surface area contributed by atoms with Crippen molar-refractivity contribution >= 4 is 33.0 Å². The van der Waals surface area contributed by atoms with E-state index >= 15 is 0 Å². The van der Waals surface area contributed by atoms with Crippen LogP contribution in [0.2, 0.25) is 0 Å². The molecule has 1 aromatic heterocycles. The molecule has 0 aliphatic carbocycles. The van der Waals surface area contributed by atoms with Gasteiger partial charge in [-0.2, -0.15) is 4.31 Å². The molecule has 26 heavy (non-hydrogen) atoms. The molecular formula is C18H23N3O3S2. The molecule has 1 N–H and O–H groups in total. The van der Waals surface area contributed by atoms with Crippen LogP contribution in [0.5, 0.6) is 0 Å². The van der Waals surface area contributed by atoms with Crippen LogP contribution in [-0.4, -0.2) is 57.1 Å². The molecule has 6 nitrogen and oxygen atoms in total. The van der Waals surface area contributed by atoms with Crippen molar-refractivity contribution in [2.24, 2.45) is 0 Å². The number of hydrogen-bond donors (Lipinski definition) is 1. The zero-order valence-electron chi connectivity index (χ0n) is 14.7. The Kier molecular flexibility index (Phi) is 5.95. The highest BCUT2D eigenvalue weighted by Gasteiger charge is 2.27. The van der Waals surface area contributed by atoms with Gasteiger partial charge in [-0.15, -0.1) is 11.3 Å². The van der Waals surface area contributed by atoms with Crippen LogP contribution in [0.4, 0.5) is 5.69 Å². The number of nitrogens with zero attached hydrogens (tertiary/aromatic N) is 2. The average Bonchev–Trinajstić information content (AvgIpc) is 3.16. The molecule has 0 atom stereocenters. The zero-order chi connectivity index (χ0) is 18.6. The number of rotatable bonds is 6. The van der Waals surface area contributed by atoms with Crippen molar-refractivity contribution in [3.63, 3.8) is 0 Å². The monoisotopic (exact) mass is 393 g/mol. The molecule has 8 heteroatoms. The highest BCUT2D eigenvalue weighted by atomic mass is 32.2. The molecular weight excluding hydrogens is 370 g/mol. The Bertz CT molecular complexity index is 842. The summed E-state index contributed by atoms with van der Waals surface area (Å²) in [4.78, 5) is 14.7. The molecule has 0 radical (unpaired) electrons. The van der Waals surface area contributed by atoms with Crippen molar-refractivity contribution < 1.29 is 13.2 Å². The van der Waals surface area contributed by atoms with Gasteiger partial charge in [0.2, 0.25) is 10.0 Å². The lowest BCUT2D eigenvalue weighted by atomic mass is 10.2. The lowest BCUT2D eigenvalue weighted by Gasteiger charge is -2.35. The number of amides is 1. The molecule has 2 aromatic rings. The van der Waals surface area contributed by atoms with Gasteiger partial charge in [-0.3, -0.25) is 4.79 Å². The van der Waals surface area contributed by atoms with Crippen LogP contribution in [0.3, 0.4) is 0 Å². The van der Waals surface area contributed by atoms with Gasteiger partial charge < -0.3 is 10.2 Å². The number of thiophene rings is 1. The van der Waals surface area contributed by atoms with Crippen molar-refractivity contribution in [2.45, 2.75) is 6.92 Å². The van der Waals surface area contributed by atoms with Gasteiger partial charge in [0.15, 0.2) is 0 Å². The third kappa shape index (κ3) is 4.63. The van der Waals surface area contributed by atoms with Crippen molar-refractivity contribution in [3.8, 4) is 0 Å². The van der Waals surface area contributed by atoms with Gasteiger partial charge in [-0.25, -0.2) is 8.42 Å². The van der Waals surface area contributed by atoms with Gasteiger partial charge in [0, 0.05) is 38.4 Å². The van der Waals surface area contributed by atoms with E-state index in [4.69, 9.17) is 0 Å². The van der Waals surface area contributed by atoms with Crippen molar-refractivity contribution in [3.05, 3.63) is 52.2 Å². The lowest BCUT2D eigenvalue weighted by molar-refractivity contribution is 0.0960. The van der Waals surface area contributed by atoms with E-state index in [1.807, 2.05) is 11.4 Å². The lowest BCUT2D eigenvalue weighted by Crippen LogP contribution is -2.50. The number of nitrogens with one attached hydrogen (secondary N) is 1. The van der Waals surface area contributed by atoms with Gasteiger partial charge in [-0.05, 0) is 36.1 Å². The Morgan fingerprint density at radius 2 is 1.92 bits per heavy atom. The topological polar surface area (TPSA) is 69.7 Å². The summed E-state index contributed by atoms with van der Waals surface area (Å²) < 4.78 is 26.5. The fourth-order valence-corrected chi connectivity index (χ4v) is 4.94. The predicted octanol–water partition coefficient (Wildman–Crippen LogP) is 1.94. The Labute approximate surface area is 158 Å². The molecule has 2 heterocycles. The highest BCUT2D eigenvalue weighted by molar-refractivity contribution is 7.89. The van der Waals surface area contributed by atoms with E-state index in [2.05, 4.69) is 35.3 Å². The van der Waals surface area contributed by atoms with Crippen LogP contribution in [0.25, 0.3) is 0 Å².